The molecule has 2 heterocycles. The van der Waals surface area contributed by atoms with Gasteiger partial charge in [0.15, 0.2) is 16.9 Å². The lowest BCUT2D eigenvalue weighted by Crippen LogP contribution is -2.47. The Balaban J connectivity index is 1.77. The van der Waals surface area contributed by atoms with Crippen LogP contribution in [0.2, 0.25) is 0 Å². The van der Waals surface area contributed by atoms with Crippen LogP contribution in [0, 0.1) is 0 Å². The molecule has 5 rings (SSSR count). The van der Waals surface area contributed by atoms with Gasteiger partial charge in [-0.25, -0.2) is 0 Å². The van der Waals surface area contributed by atoms with Crippen LogP contribution >= 0.6 is 0 Å². The van der Waals surface area contributed by atoms with Gasteiger partial charge in [0.1, 0.15) is 28.2 Å². The molecule has 0 unspecified atom stereocenters. The summed E-state index contributed by atoms with van der Waals surface area (Å²) in [5.74, 6) is -2.44. The van der Waals surface area contributed by atoms with Gasteiger partial charge in [0.05, 0.1) is 14.2 Å². The number of benzene rings is 3. The summed E-state index contributed by atoms with van der Waals surface area (Å²) in [6, 6.07) is 15.2. The average molecular weight is 561 g/mol. The zero-order chi connectivity index (χ0) is 29.3. The molecule has 1 amide bonds. The van der Waals surface area contributed by atoms with Crippen LogP contribution in [-0.4, -0.2) is 78.5 Å². The average Bonchev–Trinajstić information content (AvgIpc) is 2.99. The highest BCUT2D eigenvalue weighted by atomic mass is 16.5. The smallest absolute Gasteiger partial charge is 0.223 e. The first-order valence-corrected chi connectivity index (χ1v) is 13.2. The molecule has 1 atom stereocenters. The molecule has 1 aromatic heterocycles. The van der Waals surface area contributed by atoms with Gasteiger partial charge < -0.3 is 39.0 Å². The van der Waals surface area contributed by atoms with E-state index in [1.807, 2.05) is 13.1 Å². The van der Waals surface area contributed by atoms with Crippen LogP contribution in [0.4, 0.5) is 0 Å². The van der Waals surface area contributed by atoms with Crippen molar-refractivity contribution < 1.29 is 34.0 Å². The molecule has 0 spiro atoms. The molecule has 1 fully saturated rings. The lowest BCUT2D eigenvalue weighted by molar-refractivity contribution is -0.133. The van der Waals surface area contributed by atoms with Crippen molar-refractivity contribution in [3.63, 3.8) is 0 Å². The van der Waals surface area contributed by atoms with E-state index in [9.17, 15) is 24.9 Å². The molecule has 1 aliphatic rings. The molecule has 3 aromatic carbocycles. The van der Waals surface area contributed by atoms with Crippen molar-refractivity contribution in [3.8, 4) is 40.1 Å². The zero-order valence-electron chi connectivity index (χ0n) is 23.1. The highest BCUT2D eigenvalue weighted by molar-refractivity contribution is 5.94. The van der Waals surface area contributed by atoms with Crippen molar-refractivity contribution in [2.45, 2.75) is 12.3 Å². The van der Waals surface area contributed by atoms with Gasteiger partial charge in [-0.05, 0) is 13.1 Å². The Hall–Kier alpha value is -4.70. The van der Waals surface area contributed by atoms with Crippen molar-refractivity contribution in [2.75, 3.05) is 47.4 Å². The molecule has 0 saturated carbocycles. The standard InChI is InChI=1S/C31H32N2O8/c1-32-11-13-33(14-12-32)25(35)16-21(20-10-9-19(39-2)15-24(20)40-3)26-28(36)30(38)29(37)27-22(34)17-23(41-31(26)27)18-7-5-4-6-8-18/h4-10,15,17,21,36-38H,11-14,16H2,1-3H3/t21-/m0/s1. The Morgan fingerprint density at radius 3 is 2.29 bits per heavy atom. The number of phenolic OH excluding ortho intramolecular Hbond substituents is 3. The van der Waals surface area contributed by atoms with E-state index in [-0.39, 0.29) is 34.6 Å². The van der Waals surface area contributed by atoms with Gasteiger partial charge in [-0.15, -0.1) is 0 Å². The fraction of sp³-hybridized carbons (Fsp3) is 0.290. The molecular formula is C31H32N2O8. The van der Waals surface area contributed by atoms with Gasteiger partial charge in [-0.3, -0.25) is 9.59 Å². The van der Waals surface area contributed by atoms with Gasteiger partial charge >= 0.3 is 0 Å². The number of carbonyl (C=O) groups is 1. The van der Waals surface area contributed by atoms with Gasteiger partial charge in [0.2, 0.25) is 11.7 Å². The van der Waals surface area contributed by atoms with E-state index in [0.29, 0.717) is 48.8 Å². The Labute approximate surface area is 236 Å². The Bertz CT molecular complexity index is 1640. The monoisotopic (exact) mass is 560 g/mol. The predicted molar refractivity (Wildman–Crippen MR) is 153 cm³/mol. The van der Waals surface area contributed by atoms with Crippen molar-refractivity contribution in [1.82, 2.24) is 9.80 Å². The normalized spacial score (nSPS) is 14.7. The summed E-state index contributed by atoms with van der Waals surface area (Å²) >= 11 is 0. The van der Waals surface area contributed by atoms with E-state index in [2.05, 4.69) is 4.90 Å². The Kier molecular flexibility index (Phi) is 7.76. The number of likely N-dealkylation sites (N-methyl/N-ethyl adjacent to an activating group) is 1. The number of nitrogens with zero attached hydrogens (tertiary/aromatic N) is 2. The number of methoxy groups -OCH3 is 2. The summed E-state index contributed by atoms with van der Waals surface area (Å²) < 4.78 is 17.2. The van der Waals surface area contributed by atoms with Crippen molar-refractivity contribution >= 4 is 16.9 Å². The van der Waals surface area contributed by atoms with Crippen LogP contribution in [0.3, 0.4) is 0 Å². The van der Waals surface area contributed by atoms with Gasteiger partial charge in [-0.2, -0.15) is 0 Å². The van der Waals surface area contributed by atoms with Crippen LogP contribution in [0.5, 0.6) is 28.7 Å². The molecular weight excluding hydrogens is 528 g/mol. The first-order valence-electron chi connectivity index (χ1n) is 13.2. The number of aromatic hydroxyl groups is 3. The molecule has 10 nitrogen and oxygen atoms in total. The lowest BCUT2D eigenvalue weighted by atomic mass is 9.85. The number of ether oxygens (including phenoxy) is 2. The van der Waals surface area contributed by atoms with Crippen molar-refractivity contribution in [2.24, 2.45) is 0 Å². The topological polar surface area (TPSA) is 133 Å². The minimum absolute atomic E-state index is 0.0175. The van der Waals surface area contributed by atoms with Crippen molar-refractivity contribution in [3.05, 3.63) is 75.9 Å². The van der Waals surface area contributed by atoms with Gasteiger partial charge in [-0.1, -0.05) is 36.4 Å². The number of piperazine rings is 1. The molecule has 1 aliphatic heterocycles. The fourth-order valence-corrected chi connectivity index (χ4v) is 5.27. The Morgan fingerprint density at radius 1 is 0.927 bits per heavy atom. The summed E-state index contributed by atoms with van der Waals surface area (Å²) in [7, 11) is 4.97. The van der Waals surface area contributed by atoms with Gasteiger partial charge in [0, 0.05) is 67.3 Å². The molecule has 214 valence electrons. The second-order valence-corrected chi connectivity index (χ2v) is 10.1. The number of phenols is 3. The van der Waals surface area contributed by atoms with E-state index in [1.54, 1.807) is 47.4 Å². The highest BCUT2D eigenvalue weighted by Gasteiger charge is 2.34. The molecule has 0 radical (unpaired) electrons. The number of rotatable bonds is 7. The van der Waals surface area contributed by atoms with Crippen LogP contribution in [0.1, 0.15) is 23.5 Å². The molecule has 41 heavy (non-hydrogen) atoms. The second-order valence-electron chi connectivity index (χ2n) is 10.1. The SMILES string of the molecule is COc1ccc([C@H](CC(=O)N2CCN(C)CC2)c2c(O)c(O)c(O)c3c(=O)cc(-c4ccccc4)oc23)c(OC)c1. The van der Waals surface area contributed by atoms with Crippen LogP contribution < -0.4 is 14.9 Å². The quantitative estimate of drug-likeness (QED) is 0.288. The molecule has 0 bridgehead atoms. The number of fused-ring (bicyclic) bond motifs is 1. The fourth-order valence-electron chi connectivity index (χ4n) is 5.27. The van der Waals surface area contributed by atoms with Crippen molar-refractivity contribution in [1.29, 1.82) is 0 Å². The predicted octanol–water partition coefficient (Wildman–Crippen LogP) is 3.89. The van der Waals surface area contributed by atoms with Crippen LogP contribution in [0.25, 0.3) is 22.3 Å². The maximum absolute atomic E-state index is 13.7. The van der Waals surface area contributed by atoms with E-state index in [1.165, 1.54) is 20.3 Å². The maximum atomic E-state index is 13.7. The number of amides is 1. The van der Waals surface area contributed by atoms with E-state index in [0.717, 1.165) is 0 Å². The molecule has 4 aromatic rings. The third kappa shape index (κ3) is 5.26. The summed E-state index contributed by atoms with van der Waals surface area (Å²) in [6.07, 6.45) is -0.140. The molecule has 3 N–H and O–H groups in total. The Morgan fingerprint density at radius 2 is 1.63 bits per heavy atom. The zero-order valence-corrected chi connectivity index (χ0v) is 23.1. The largest absolute Gasteiger partial charge is 0.504 e. The number of hydrogen-bond acceptors (Lipinski definition) is 9. The first-order chi connectivity index (χ1) is 19.7. The molecule has 0 aliphatic carbocycles. The number of hydrogen-bond donors (Lipinski definition) is 3. The summed E-state index contributed by atoms with van der Waals surface area (Å²) in [5.41, 5.74) is 0.307. The summed E-state index contributed by atoms with van der Waals surface area (Å²) in [5, 5.41) is 32.5. The van der Waals surface area contributed by atoms with E-state index >= 15 is 0 Å². The third-order valence-corrected chi connectivity index (χ3v) is 7.59. The summed E-state index contributed by atoms with van der Waals surface area (Å²) in [4.78, 5) is 30.9. The molecule has 1 saturated heterocycles. The minimum atomic E-state index is -0.939. The third-order valence-electron chi connectivity index (χ3n) is 7.59. The van der Waals surface area contributed by atoms with Crippen LogP contribution in [0.15, 0.2) is 63.8 Å². The second kappa shape index (κ2) is 11.4. The highest BCUT2D eigenvalue weighted by Crippen LogP contribution is 2.50. The van der Waals surface area contributed by atoms with Crippen LogP contribution in [-0.2, 0) is 4.79 Å². The van der Waals surface area contributed by atoms with Gasteiger partial charge in [0.25, 0.3) is 0 Å². The maximum Gasteiger partial charge on any atom is 0.223 e. The minimum Gasteiger partial charge on any atom is -0.504 e. The molecule has 10 heteroatoms. The first kappa shape index (κ1) is 27.9. The summed E-state index contributed by atoms with van der Waals surface area (Å²) in [6.45, 7) is 2.49. The van der Waals surface area contributed by atoms with E-state index < -0.39 is 28.6 Å². The number of carbonyl (C=O) groups excluding carboxylic acids is 1. The van der Waals surface area contributed by atoms with E-state index in [4.69, 9.17) is 13.9 Å². The lowest BCUT2D eigenvalue weighted by Gasteiger charge is -2.33.